The summed E-state index contributed by atoms with van der Waals surface area (Å²) in [4.78, 5) is 0. The molecule has 0 saturated heterocycles. The molecular weight excluding hydrogens is 288 g/mol. The molecule has 0 heterocycles. The van der Waals surface area contributed by atoms with Gasteiger partial charge in [-0.05, 0) is 6.42 Å². The number of hydrogen-bond acceptors (Lipinski definition) is 6. The molecule has 0 fully saturated rings. The van der Waals surface area contributed by atoms with Crippen LogP contribution in [-0.4, -0.2) is 69.8 Å². The van der Waals surface area contributed by atoms with E-state index in [4.69, 9.17) is 9.84 Å². The smallest absolute Gasteiger partial charge is 0.111 e. The zero-order valence-corrected chi connectivity index (χ0v) is 13.7. The summed E-state index contributed by atoms with van der Waals surface area (Å²) in [5.74, 6) is 0. The molecule has 4 atom stereocenters. The first kappa shape index (κ1) is 21.8. The zero-order chi connectivity index (χ0) is 16.8. The molecule has 0 rings (SSSR count). The lowest BCUT2D eigenvalue weighted by Gasteiger charge is -2.25. The summed E-state index contributed by atoms with van der Waals surface area (Å²) < 4.78 is 5.26. The second kappa shape index (κ2) is 14.4. The van der Waals surface area contributed by atoms with Crippen molar-refractivity contribution in [3.05, 3.63) is 0 Å². The molecule has 0 aromatic heterocycles. The Kier molecular flexibility index (Phi) is 14.2. The van der Waals surface area contributed by atoms with Crippen molar-refractivity contribution in [2.24, 2.45) is 0 Å². The lowest BCUT2D eigenvalue weighted by molar-refractivity contribution is -0.129. The fourth-order valence-electron chi connectivity index (χ4n) is 2.20. The van der Waals surface area contributed by atoms with Gasteiger partial charge >= 0.3 is 0 Å². The highest BCUT2D eigenvalue weighted by molar-refractivity contribution is 4.80. The van der Waals surface area contributed by atoms with Crippen molar-refractivity contribution in [3.8, 4) is 0 Å². The van der Waals surface area contributed by atoms with Crippen molar-refractivity contribution in [2.45, 2.75) is 82.7 Å². The lowest BCUT2D eigenvalue weighted by atomic mass is 10.0. The normalized spacial score (nSPS) is 17.2. The first-order valence-corrected chi connectivity index (χ1v) is 8.45. The summed E-state index contributed by atoms with van der Waals surface area (Å²) >= 11 is 0. The molecule has 0 saturated carbocycles. The minimum Gasteiger partial charge on any atom is -0.394 e. The maximum Gasteiger partial charge on any atom is 0.111 e. The Morgan fingerprint density at radius 2 is 1.23 bits per heavy atom. The number of ether oxygens (including phenoxy) is 1. The molecule has 0 amide bonds. The second-order valence-corrected chi connectivity index (χ2v) is 5.85. The molecule has 0 spiro atoms. The Hall–Kier alpha value is -0.240. The molecule has 0 radical (unpaired) electrons. The standard InChI is InChI=1S/C16H34O6/c1-2-3-4-5-6-7-8-9-10-22-12-14(19)16(21)15(20)13(18)11-17/h13-21H,2-12H2,1H3/t13-,14+,15+,16+/m0/s1. The highest BCUT2D eigenvalue weighted by atomic mass is 16.5. The summed E-state index contributed by atoms with van der Waals surface area (Å²) in [7, 11) is 0. The molecule has 0 aliphatic heterocycles. The maximum absolute atomic E-state index is 9.63. The van der Waals surface area contributed by atoms with Crippen LogP contribution in [0.3, 0.4) is 0 Å². The molecule has 22 heavy (non-hydrogen) atoms. The van der Waals surface area contributed by atoms with Crippen molar-refractivity contribution >= 4 is 0 Å². The van der Waals surface area contributed by atoms with Gasteiger partial charge in [0.1, 0.15) is 24.4 Å². The molecule has 134 valence electrons. The molecule has 0 aromatic carbocycles. The number of unbranched alkanes of at least 4 members (excludes halogenated alkanes) is 7. The molecule has 6 heteroatoms. The molecule has 5 N–H and O–H groups in total. The summed E-state index contributed by atoms with van der Waals surface area (Å²) in [5, 5.41) is 46.5. The topological polar surface area (TPSA) is 110 Å². The van der Waals surface area contributed by atoms with E-state index in [1.807, 2.05) is 0 Å². The largest absolute Gasteiger partial charge is 0.394 e. The first-order valence-electron chi connectivity index (χ1n) is 8.45. The van der Waals surface area contributed by atoms with Gasteiger partial charge in [0.25, 0.3) is 0 Å². The predicted molar refractivity (Wildman–Crippen MR) is 84.5 cm³/mol. The Labute approximate surface area is 133 Å². The molecule has 0 unspecified atom stereocenters. The van der Waals surface area contributed by atoms with E-state index in [2.05, 4.69) is 6.92 Å². The predicted octanol–water partition coefficient (Wildman–Crippen LogP) is 0.580. The van der Waals surface area contributed by atoms with Gasteiger partial charge in [0, 0.05) is 6.61 Å². The molecule has 6 nitrogen and oxygen atoms in total. The molecular formula is C16H34O6. The van der Waals surface area contributed by atoms with Crippen LogP contribution in [0.5, 0.6) is 0 Å². The van der Waals surface area contributed by atoms with Crippen LogP contribution < -0.4 is 0 Å². The van der Waals surface area contributed by atoms with Crippen molar-refractivity contribution in [1.29, 1.82) is 0 Å². The van der Waals surface area contributed by atoms with Crippen LogP contribution in [0, 0.1) is 0 Å². The van der Waals surface area contributed by atoms with Crippen LogP contribution in [0.15, 0.2) is 0 Å². The van der Waals surface area contributed by atoms with E-state index in [0.29, 0.717) is 6.61 Å². The molecule has 0 aliphatic carbocycles. The highest BCUT2D eigenvalue weighted by Crippen LogP contribution is 2.09. The zero-order valence-electron chi connectivity index (χ0n) is 13.7. The van der Waals surface area contributed by atoms with E-state index >= 15 is 0 Å². The number of rotatable bonds is 15. The second-order valence-electron chi connectivity index (χ2n) is 5.85. The van der Waals surface area contributed by atoms with Gasteiger partial charge in [-0.2, -0.15) is 0 Å². The van der Waals surface area contributed by atoms with Crippen molar-refractivity contribution in [1.82, 2.24) is 0 Å². The van der Waals surface area contributed by atoms with E-state index in [1.54, 1.807) is 0 Å². The van der Waals surface area contributed by atoms with Crippen molar-refractivity contribution in [2.75, 3.05) is 19.8 Å². The number of hydrogen-bond donors (Lipinski definition) is 5. The summed E-state index contributed by atoms with van der Waals surface area (Å²) in [6.45, 7) is 1.92. The van der Waals surface area contributed by atoms with E-state index in [-0.39, 0.29) is 6.61 Å². The fourth-order valence-corrected chi connectivity index (χ4v) is 2.20. The van der Waals surface area contributed by atoms with Gasteiger partial charge in [-0.25, -0.2) is 0 Å². The Morgan fingerprint density at radius 3 is 1.77 bits per heavy atom. The fraction of sp³-hybridized carbons (Fsp3) is 1.00. The van der Waals surface area contributed by atoms with E-state index in [9.17, 15) is 20.4 Å². The summed E-state index contributed by atoms with van der Waals surface area (Å²) in [5.41, 5.74) is 0. The highest BCUT2D eigenvalue weighted by Gasteiger charge is 2.29. The van der Waals surface area contributed by atoms with Gasteiger partial charge in [0.2, 0.25) is 0 Å². The van der Waals surface area contributed by atoms with Crippen LogP contribution in [0.2, 0.25) is 0 Å². The van der Waals surface area contributed by atoms with Gasteiger partial charge in [-0.3, -0.25) is 0 Å². The van der Waals surface area contributed by atoms with Crippen molar-refractivity contribution < 1.29 is 30.3 Å². The minimum atomic E-state index is -1.59. The van der Waals surface area contributed by atoms with Gasteiger partial charge in [-0.15, -0.1) is 0 Å². The van der Waals surface area contributed by atoms with Gasteiger partial charge < -0.3 is 30.3 Å². The monoisotopic (exact) mass is 322 g/mol. The van der Waals surface area contributed by atoms with Crippen LogP contribution in [0.25, 0.3) is 0 Å². The van der Waals surface area contributed by atoms with E-state index in [1.165, 1.54) is 38.5 Å². The van der Waals surface area contributed by atoms with Gasteiger partial charge in [-0.1, -0.05) is 51.9 Å². The maximum atomic E-state index is 9.63. The molecule has 0 aliphatic rings. The summed E-state index contributed by atoms with van der Waals surface area (Å²) in [6.07, 6.45) is 3.66. The molecule has 0 aromatic rings. The molecule has 0 bridgehead atoms. The SMILES string of the molecule is CCCCCCCCCCOC[C@@H](O)[C@@H](O)[C@H](O)[C@@H](O)CO. The average molecular weight is 322 g/mol. The van der Waals surface area contributed by atoms with Gasteiger partial charge in [0.05, 0.1) is 13.2 Å². The van der Waals surface area contributed by atoms with E-state index < -0.39 is 31.0 Å². The third-order valence-electron chi connectivity index (χ3n) is 3.76. The third kappa shape index (κ3) is 10.5. The lowest BCUT2D eigenvalue weighted by Crippen LogP contribution is -2.47. The minimum absolute atomic E-state index is 0.104. The van der Waals surface area contributed by atoms with Gasteiger partial charge in [0.15, 0.2) is 0 Å². The number of aliphatic hydroxyl groups is 5. The van der Waals surface area contributed by atoms with Crippen LogP contribution >= 0.6 is 0 Å². The average Bonchev–Trinajstić information content (AvgIpc) is 2.54. The Balaban J connectivity index is 3.50. The van der Waals surface area contributed by atoms with Crippen LogP contribution in [0.4, 0.5) is 0 Å². The Morgan fingerprint density at radius 1 is 0.727 bits per heavy atom. The van der Waals surface area contributed by atoms with Crippen LogP contribution in [-0.2, 0) is 4.74 Å². The van der Waals surface area contributed by atoms with Crippen LogP contribution in [0.1, 0.15) is 58.3 Å². The van der Waals surface area contributed by atoms with E-state index in [0.717, 1.165) is 12.8 Å². The Bertz CT molecular complexity index is 239. The number of aliphatic hydroxyl groups excluding tert-OH is 5. The summed E-state index contributed by atoms with van der Waals surface area (Å²) in [6, 6.07) is 0. The quantitative estimate of drug-likeness (QED) is 0.282. The first-order chi connectivity index (χ1) is 10.5. The third-order valence-corrected chi connectivity index (χ3v) is 3.76. The van der Waals surface area contributed by atoms with Crippen molar-refractivity contribution in [3.63, 3.8) is 0 Å².